The first-order chi connectivity index (χ1) is 15.8. The highest BCUT2D eigenvalue weighted by Crippen LogP contribution is 2.42. The molecule has 1 saturated heterocycles. The summed E-state index contributed by atoms with van der Waals surface area (Å²) in [7, 11) is 0.332. The number of Topliss-reactive ketones (excluding diaryl/α,β-unsaturated/α-hetero) is 1. The van der Waals surface area contributed by atoms with E-state index in [2.05, 4.69) is 25.4 Å². The standard InChI is InChI=1S/C23H32N6O3S/c1-14(30)20-16-6-4-8-18(16)21(19-9-5-7-17(19)20)24-22-25-23(27-26-22)33(31,32)29-12-10-15(11-13-29)28(2)3/h15H,4-13H2,1-3H3,(H2,24,25,26,27). The van der Waals surface area contributed by atoms with Gasteiger partial charge in [-0.2, -0.15) is 4.31 Å². The van der Waals surface area contributed by atoms with Crippen molar-refractivity contribution in [2.24, 2.45) is 0 Å². The highest BCUT2D eigenvalue weighted by molar-refractivity contribution is 7.88. The molecule has 178 valence electrons. The Balaban J connectivity index is 1.42. The summed E-state index contributed by atoms with van der Waals surface area (Å²) in [6, 6.07) is 0.394. The van der Waals surface area contributed by atoms with E-state index in [0.29, 0.717) is 25.1 Å². The molecule has 2 aliphatic carbocycles. The maximum atomic E-state index is 13.1. The highest BCUT2D eigenvalue weighted by atomic mass is 32.2. The third-order valence-electron chi connectivity index (χ3n) is 7.44. The Kier molecular flexibility index (Phi) is 5.78. The molecule has 2 heterocycles. The fraction of sp³-hybridized carbons (Fsp3) is 0.609. The van der Waals surface area contributed by atoms with Gasteiger partial charge in [-0.15, -0.1) is 10.2 Å². The first-order valence-corrected chi connectivity index (χ1v) is 13.3. The number of rotatable bonds is 6. The molecule has 10 heteroatoms. The smallest absolute Gasteiger partial charge is 0.278 e. The molecule has 0 atom stereocenters. The number of hydrogen-bond acceptors (Lipinski definition) is 7. The second kappa shape index (κ2) is 8.48. The number of carbonyl (C=O) groups is 1. The Morgan fingerprint density at radius 1 is 1.00 bits per heavy atom. The van der Waals surface area contributed by atoms with Gasteiger partial charge in [-0.05, 0) is 94.6 Å². The number of aromatic amines is 1. The summed E-state index contributed by atoms with van der Waals surface area (Å²) in [6.07, 6.45) is 7.27. The zero-order valence-corrected chi connectivity index (χ0v) is 20.4. The second-order valence-electron chi connectivity index (χ2n) is 9.63. The number of ketones is 1. The Morgan fingerprint density at radius 2 is 1.58 bits per heavy atom. The van der Waals surface area contributed by atoms with Gasteiger partial charge in [-0.25, -0.2) is 8.42 Å². The van der Waals surface area contributed by atoms with Crippen molar-refractivity contribution in [3.63, 3.8) is 0 Å². The molecule has 0 bridgehead atoms. The van der Waals surface area contributed by atoms with Gasteiger partial charge in [0.1, 0.15) is 0 Å². The number of fused-ring (bicyclic) bond motifs is 2. The number of sulfonamides is 1. The normalized spacial score (nSPS) is 19.2. The number of piperidine rings is 1. The number of carbonyl (C=O) groups excluding carboxylic acids is 1. The predicted molar refractivity (Wildman–Crippen MR) is 126 cm³/mol. The van der Waals surface area contributed by atoms with Gasteiger partial charge < -0.3 is 10.2 Å². The largest absolute Gasteiger partial charge is 0.324 e. The van der Waals surface area contributed by atoms with E-state index in [4.69, 9.17) is 0 Å². The van der Waals surface area contributed by atoms with Crippen LogP contribution in [-0.4, -0.2) is 71.8 Å². The topological polar surface area (TPSA) is 111 Å². The van der Waals surface area contributed by atoms with Crippen molar-refractivity contribution in [1.29, 1.82) is 0 Å². The zero-order chi connectivity index (χ0) is 23.3. The van der Waals surface area contributed by atoms with Crippen LogP contribution in [0.1, 0.15) is 65.2 Å². The first-order valence-electron chi connectivity index (χ1n) is 11.8. The quantitative estimate of drug-likeness (QED) is 0.621. The second-order valence-corrected chi connectivity index (χ2v) is 11.5. The molecule has 3 aliphatic rings. The molecular weight excluding hydrogens is 440 g/mol. The molecule has 5 rings (SSSR count). The van der Waals surface area contributed by atoms with E-state index in [1.54, 1.807) is 6.92 Å². The molecule has 2 N–H and O–H groups in total. The molecule has 0 spiro atoms. The van der Waals surface area contributed by atoms with Crippen molar-refractivity contribution >= 4 is 27.4 Å². The van der Waals surface area contributed by atoms with E-state index in [-0.39, 0.29) is 10.9 Å². The molecule has 1 aliphatic heterocycles. The van der Waals surface area contributed by atoms with Gasteiger partial charge in [0.05, 0.1) is 0 Å². The van der Waals surface area contributed by atoms with Crippen molar-refractivity contribution in [2.45, 2.75) is 69.5 Å². The Morgan fingerprint density at radius 3 is 2.12 bits per heavy atom. The van der Waals surface area contributed by atoms with Gasteiger partial charge in [0, 0.05) is 30.4 Å². The Bertz CT molecular complexity index is 1160. The van der Waals surface area contributed by atoms with Crippen molar-refractivity contribution in [2.75, 3.05) is 32.5 Å². The minimum Gasteiger partial charge on any atom is -0.324 e. The van der Waals surface area contributed by atoms with Gasteiger partial charge in [-0.3, -0.25) is 9.78 Å². The molecule has 9 nitrogen and oxygen atoms in total. The molecule has 0 unspecified atom stereocenters. The fourth-order valence-electron chi connectivity index (χ4n) is 5.79. The summed E-state index contributed by atoms with van der Waals surface area (Å²) in [4.78, 5) is 17.5. The summed E-state index contributed by atoms with van der Waals surface area (Å²) in [5, 5.41) is 11.3. The molecule has 2 aromatic rings. The molecule has 1 fully saturated rings. The van der Waals surface area contributed by atoms with Gasteiger partial charge in [0.25, 0.3) is 15.2 Å². The molecule has 0 saturated carbocycles. The van der Waals surface area contributed by atoms with E-state index >= 15 is 0 Å². The van der Waals surface area contributed by atoms with Crippen molar-refractivity contribution in [3.8, 4) is 0 Å². The minimum atomic E-state index is -3.72. The van der Waals surface area contributed by atoms with E-state index in [1.807, 2.05) is 14.1 Å². The van der Waals surface area contributed by atoms with Gasteiger partial charge in [0.15, 0.2) is 5.78 Å². The summed E-state index contributed by atoms with van der Waals surface area (Å²) in [6.45, 7) is 2.61. The molecule has 1 aromatic heterocycles. The van der Waals surface area contributed by atoms with E-state index in [0.717, 1.165) is 73.7 Å². The maximum absolute atomic E-state index is 13.1. The predicted octanol–water partition coefficient (Wildman–Crippen LogP) is 2.44. The monoisotopic (exact) mass is 472 g/mol. The summed E-state index contributed by atoms with van der Waals surface area (Å²) < 4.78 is 27.8. The van der Waals surface area contributed by atoms with Crippen LogP contribution in [0, 0.1) is 0 Å². The Hall–Kier alpha value is -2.30. The number of anilines is 2. The van der Waals surface area contributed by atoms with Crippen LogP contribution in [0.3, 0.4) is 0 Å². The lowest BCUT2D eigenvalue weighted by atomic mass is 9.90. The molecule has 33 heavy (non-hydrogen) atoms. The molecule has 0 radical (unpaired) electrons. The van der Waals surface area contributed by atoms with Crippen LogP contribution in [0.5, 0.6) is 0 Å². The number of benzene rings is 1. The van der Waals surface area contributed by atoms with Crippen molar-refractivity contribution in [3.05, 3.63) is 27.8 Å². The number of aromatic nitrogens is 3. The van der Waals surface area contributed by atoms with E-state index in [9.17, 15) is 13.2 Å². The van der Waals surface area contributed by atoms with Crippen molar-refractivity contribution in [1.82, 2.24) is 24.4 Å². The Labute approximate surface area is 195 Å². The molecular formula is C23H32N6O3S. The average Bonchev–Trinajstić information content (AvgIpc) is 3.54. The van der Waals surface area contributed by atoms with Gasteiger partial charge in [-0.1, -0.05) is 0 Å². The zero-order valence-electron chi connectivity index (χ0n) is 19.6. The van der Waals surface area contributed by atoms with Gasteiger partial charge >= 0.3 is 0 Å². The van der Waals surface area contributed by atoms with Crippen LogP contribution in [0.2, 0.25) is 0 Å². The molecule has 0 amide bonds. The summed E-state index contributed by atoms with van der Waals surface area (Å²) >= 11 is 0. The molecule has 1 aromatic carbocycles. The first kappa shape index (κ1) is 22.5. The lowest BCUT2D eigenvalue weighted by Crippen LogP contribution is -2.44. The fourth-order valence-corrected chi connectivity index (χ4v) is 7.10. The summed E-state index contributed by atoms with van der Waals surface area (Å²) in [5.41, 5.74) is 6.57. The van der Waals surface area contributed by atoms with Crippen LogP contribution in [0.15, 0.2) is 5.16 Å². The lowest BCUT2D eigenvalue weighted by Gasteiger charge is -2.33. The third-order valence-corrected chi connectivity index (χ3v) is 9.16. The third kappa shape index (κ3) is 3.87. The van der Waals surface area contributed by atoms with Crippen LogP contribution in [0.4, 0.5) is 11.6 Å². The average molecular weight is 473 g/mol. The highest BCUT2D eigenvalue weighted by Gasteiger charge is 2.34. The van der Waals surface area contributed by atoms with Crippen LogP contribution >= 0.6 is 0 Å². The number of nitrogens with zero attached hydrogens (tertiary/aromatic N) is 4. The van der Waals surface area contributed by atoms with Gasteiger partial charge in [0.2, 0.25) is 5.95 Å². The number of nitrogens with one attached hydrogen (secondary N) is 2. The summed E-state index contributed by atoms with van der Waals surface area (Å²) in [5.74, 6) is 0.472. The maximum Gasteiger partial charge on any atom is 0.278 e. The van der Waals surface area contributed by atoms with Crippen LogP contribution in [0.25, 0.3) is 0 Å². The van der Waals surface area contributed by atoms with Crippen LogP contribution in [-0.2, 0) is 35.7 Å². The van der Waals surface area contributed by atoms with E-state index in [1.165, 1.54) is 15.4 Å². The number of hydrogen-bond donors (Lipinski definition) is 2. The number of H-pyrrole nitrogens is 1. The minimum absolute atomic E-state index is 0.123. The SMILES string of the molecule is CC(=O)c1c2c(c(Nc3nnc(S(=O)(=O)N4CCC(N(C)C)CC4)[nH]3)c3c1CCC3)CCC2. The van der Waals surface area contributed by atoms with E-state index < -0.39 is 10.0 Å². The lowest BCUT2D eigenvalue weighted by molar-refractivity contribution is 0.101. The van der Waals surface area contributed by atoms with Crippen molar-refractivity contribution < 1.29 is 13.2 Å². The van der Waals surface area contributed by atoms with Crippen LogP contribution < -0.4 is 5.32 Å².